The molecule has 1 aliphatic rings. The van der Waals surface area contributed by atoms with Crippen LogP contribution in [0.15, 0.2) is 0 Å². The average Bonchev–Trinajstić information content (AvgIpc) is 2.36. The van der Waals surface area contributed by atoms with Crippen LogP contribution in [-0.4, -0.2) is 35.4 Å². The molecule has 0 radical (unpaired) electrons. The minimum Gasteiger partial charge on any atom is -0.480 e. The molecule has 12 heavy (non-hydrogen) atoms. The van der Waals surface area contributed by atoms with Crippen molar-refractivity contribution in [3.63, 3.8) is 0 Å². The standard InChI is InChI=1S/C8H15NO3/c10-7-3-1-2-6(7)4-9-5-8(11)12/h6-7,9-10H,1-5H2,(H,11,12). The lowest BCUT2D eigenvalue weighted by Crippen LogP contribution is -2.31. The first-order valence-corrected chi connectivity index (χ1v) is 4.30. The topological polar surface area (TPSA) is 69.6 Å². The number of nitrogens with one attached hydrogen (secondary N) is 1. The quantitative estimate of drug-likeness (QED) is 0.551. The zero-order valence-electron chi connectivity index (χ0n) is 6.99. The maximum Gasteiger partial charge on any atom is 0.317 e. The summed E-state index contributed by atoms with van der Waals surface area (Å²) in [6, 6.07) is 0. The Morgan fingerprint density at radius 3 is 2.75 bits per heavy atom. The van der Waals surface area contributed by atoms with E-state index in [1.807, 2.05) is 0 Å². The molecule has 0 spiro atoms. The Hall–Kier alpha value is -0.610. The highest BCUT2D eigenvalue weighted by Crippen LogP contribution is 2.24. The van der Waals surface area contributed by atoms with Crippen molar-refractivity contribution >= 4 is 5.97 Å². The monoisotopic (exact) mass is 173 g/mol. The summed E-state index contributed by atoms with van der Waals surface area (Å²) in [5.74, 6) is -0.591. The summed E-state index contributed by atoms with van der Waals surface area (Å²) >= 11 is 0. The molecule has 0 aromatic carbocycles. The molecule has 1 rings (SSSR count). The highest BCUT2D eigenvalue weighted by Gasteiger charge is 2.24. The molecule has 2 atom stereocenters. The molecule has 2 unspecified atom stereocenters. The summed E-state index contributed by atoms with van der Waals surface area (Å²) in [6.45, 7) is 0.608. The van der Waals surface area contributed by atoms with E-state index in [2.05, 4.69) is 5.32 Å². The molecule has 0 amide bonds. The van der Waals surface area contributed by atoms with Crippen molar-refractivity contribution in [3.8, 4) is 0 Å². The molecule has 4 nitrogen and oxygen atoms in total. The van der Waals surface area contributed by atoms with Crippen LogP contribution >= 0.6 is 0 Å². The predicted molar refractivity (Wildman–Crippen MR) is 43.9 cm³/mol. The molecule has 0 aromatic heterocycles. The first-order valence-electron chi connectivity index (χ1n) is 4.30. The molecule has 0 aliphatic heterocycles. The average molecular weight is 173 g/mol. The SMILES string of the molecule is O=C(O)CNCC1CCCC1O. The summed E-state index contributed by atoms with van der Waals surface area (Å²) < 4.78 is 0. The van der Waals surface area contributed by atoms with Crippen LogP contribution in [0.2, 0.25) is 0 Å². The van der Waals surface area contributed by atoms with Gasteiger partial charge in [0.25, 0.3) is 0 Å². The normalized spacial score (nSPS) is 29.1. The van der Waals surface area contributed by atoms with Gasteiger partial charge in [-0.3, -0.25) is 4.79 Å². The number of hydrogen-bond donors (Lipinski definition) is 3. The number of rotatable bonds is 4. The van der Waals surface area contributed by atoms with Crippen LogP contribution in [0.1, 0.15) is 19.3 Å². The van der Waals surface area contributed by atoms with Gasteiger partial charge in [0.1, 0.15) is 0 Å². The van der Waals surface area contributed by atoms with Crippen LogP contribution in [0.25, 0.3) is 0 Å². The highest BCUT2D eigenvalue weighted by atomic mass is 16.4. The van der Waals surface area contributed by atoms with Crippen molar-refractivity contribution in [3.05, 3.63) is 0 Å². The van der Waals surface area contributed by atoms with Gasteiger partial charge < -0.3 is 15.5 Å². The van der Waals surface area contributed by atoms with E-state index in [0.717, 1.165) is 19.3 Å². The van der Waals surface area contributed by atoms with E-state index in [4.69, 9.17) is 5.11 Å². The van der Waals surface area contributed by atoms with Crippen molar-refractivity contribution in [2.45, 2.75) is 25.4 Å². The van der Waals surface area contributed by atoms with Gasteiger partial charge in [-0.25, -0.2) is 0 Å². The molecule has 1 fully saturated rings. The van der Waals surface area contributed by atoms with E-state index in [1.54, 1.807) is 0 Å². The molecule has 1 saturated carbocycles. The molecule has 0 saturated heterocycles. The van der Waals surface area contributed by atoms with Gasteiger partial charge in [0.05, 0.1) is 12.6 Å². The molecule has 70 valence electrons. The van der Waals surface area contributed by atoms with Gasteiger partial charge >= 0.3 is 5.97 Å². The lowest BCUT2D eigenvalue weighted by molar-refractivity contribution is -0.136. The van der Waals surface area contributed by atoms with E-state index in [1.165, 1.54) is 0 Å². The second-order valence-corrected chi connectivity index (χ2v) is 3.28. The third-order valence-corrected chi connectivity index (χ3v) is 2.30. The second-order valence-electron chi connectivity index (χ2n) is 3.28. The minimum atomic E-state index is -0.845. The lowest BCUT2D eigenvalue weighted by atomic mass is 10.1. The number of aliphatic carboxylic acids is 1. The van der Waals surface area contributed by atoms with Crippen molar-refractivity contribution in [2.24, 2.45) is 5.92 Å². The first kappa shape index (κ1) is 9.48. The fourth-order valence-corrected chi connectivity index (χ4v) is 1.62. The fourth-order valence-electron chi connectivity index (χ4n) is 1.62. The third-order valence-electron chi connectivity index (χ3n) is 2.30. The van der Waals surface area contributed by atoms with Crippen molar-refractivity contribution < 1.29 is 15.0 Å². The van der Waals surface area contributed by atoms with Crippen molar-refractivity contribution in [2.75, 3.05) is 13.1 Å². The predicted octanol–water partition coefficient (Wildman–Crippen LogP) is -0.178. The van der Waals surface area contributed by atoms with Gasteiger partial charge in [0, 0.05) is 6.54 Å². The number of aliphatic hydroxyl groups excluding tert-OH is 1. The van der Waals surface area contributed by atoms with E-state index in [-0.39, 0.29) is 18.6 Å². The Labute approximate surface area is 71.6 Å². The highest BCUT2D eigenvalue weighted by molar-refractivity contribution is 5.68. The molecule has 0 aromatic rings. The Kier molecular flexibility index (Phi) is 3.49. The van der Waals surface area contributed by atoms with Crippen molar-refractivity contribution in [1.82, 2.24) is 5.32 Å². The largest absolute Gasteiger partial charge is 0.480 e. The van der Waals surface area contributed by atoms with Crippen LogP contribution in [0.3, 0.4) is 0 Å². The Balaban J connectivity index is 2.10. The van der Waals surface area contributed by atoms with Gasteiger partial charge in [0.15, 0.2) is 0 Å². The molecule has 1 aliphatic carbocycles. The first-order chi connectivity index (χ1) is 5.70. The zero-order chi connectivity index (χ0) is 8.97. The second kappa shape index (κ2) is 4.42. The van der Waals surface area contributed by atoms with E-state index in [9.17, 15) is 9.90 Å². The minimum absolute atomic E-state index is 0.0107. The summed E-state index contributed by atoms with van der Waals surface area (Å²) in [6.07, 6.45) is 2.69. The van der Waals surface area contributed by atoms with Crippen LogP contribution in [0.4, 0.5) is 0 Å². The van der Waals surface area contributed by atoms with Crippen LogP contribution in [0, 0.1) is 5.92 Å². The number of carboxylic acids is 1. The number of aliphatic hydroxyl groups is 1. The Bertz CT molecular complexity index is 160. The molecule has 3 N–H and O–H groups in total. The van der Waals surface area contributed by atoms with Crippen LogP contribution in [-0.2, 0) is 4.79 Å². The van der Waals surface area contributed by atoms with Crippen molar-refractivity contribution in [1.29, 1.82) is 0 Å². The lowest BCUT2D eigenvalue weighted by Gasteiger charge is -2.13. The molecular formula is C8H15NO3. The van der Waals surface area contributed by atoms with E-state index in [0.29, 0.717) is 6.54 Å². The maximum atomic E-state index is 10.1. The maximum absolute atomic E-state index is 10.1. The fraction of sp³-hybridized carbons (Fsp3) is 0.875. The van der Waals surface area contributed by atoms with Gasteiger partial charge in [-0.2, -0.15) is 0 Å². The molecule has 4 heteroatoms. The van der Waals surface area contributed by atoms with Gasteiger partial charge in [-0.1, -0.05) is 6.42 Å². The van der Waals surface area contributed by atoms with Crippen LogP contribution < -0.4 is 5.32 Å². The van der Waals surface area contributed by atoms with E-state index >= 15 is 0 Å². The zero-order valence-corrected chi connectivity index (χ0v) is 6.99. The van der Waals surface area contributed by atoms with Crippen LogP contribution in [0.5, 0.6) is 0 Å². The summed E-state index contributed by atoms with van der Waals surface area (Å²) in [7, 11) is 0. The number of hydrogen-bond acceptors (Lipinski definition) is 3. The van der Waals surface area contributed by atoms with Gasteiger partial charge in [-0.15, -0.1) is 0 Å². The summed E-state index contributed by atoms with van der Waals surface area (Å²) in [4.78, 5) is 10.1. The molecular weight excluding hydrogens is 158 g/mol. The Morgan fingerprint density at radius 1 is 1.50 bits per heavy atom. The number of carbonyl (C=O) groups is 1. The van der Waals surface area contributed by atoms with E-state index < -0.39 is 5.97 Å². The number of carboxylic acid groups (broad SMARTS) is 1. The van der Waals surface area contributed by atoms with Gasteiger partial charge in [-0.05, 0) is 18.8 Å². The molecule has 0 heterocycles. The molecule has 0 bridgehead atoms. The van der Waals surface area contributed by atoms with Gasteiger partial charge in [0.2, 0.25) is 0 Å². The smallest absolute Gasteiger partial charge is 0.317 e. The summed E-state index contributed by atoms with van der Waals surface area (Å²) in [5, 5.41) is 20.5. The summed E-state index contributed by atoms with van der Waals surface area (Å²) in [5.41, 5.74) is 0. The third kappa shape index (κ3) is 2.79. The Morgan fingerprint density at radius 2 is 2.25 bits per heavy atom.